The van der Waals surface area contributed by atoms with Crippen molar-refractivity contribution < 1.29 is 5.11 Å². The molecule has 0 fully saturated rings. The van der Waals surface area contributed by atoms with Crippen molar-refractivity contribution in [2.75, 3.05) is 0 Å². The maximum absolute atomic E-state index is 10.5. The number of para-hydroxylation sites is 1. The molecular formula is C14H19NOS. The molecule has 1 aromatic carbocycles. The summed E-state index contributed by atoms with van der Waals surface area (Å²) in [6.45, 7) is 4.15. The Morgan fingerprint density at radius 3 is 2.71 bits per heavy atom. The Bertz CT molecular complexity index is 461. The molecule has 0 aliphatic heterocycles. The Morgan fingerprint density at radius 1 is 1.29 bits per heavy atom. The van der Waals surface area contributed by atoms with Crippen molar-refractivity contribution in [3.8, 4) is 0 Å². The normalized spacial score (nSPS) is 15.0. The number of thiazole rings is 1. The molecule has 3 heteroatoms. The van der Waals surface area contributed by atoms with Gasteiger partial charge in [-0.25, -0.2) is 4.98 Å². The summed E-state index contributed by atoms with van der Waals surface area (Å²) >= 11 is 1.69. The molecule has 92 valence electrons. The molecule has 0 saturated heterocycles. The number of aromatic nitrogens is 1. The topological polar surface area (TPSA) is 33.1 Å². The Morgan fingerprint density at radius 2 is 2.06 bits per heavy atom. The van der Waals surface area contributed by atoms with Crippen LogP contribution >= 0.6 is 11.3 Å². The van der Waals surface area contributed by atoms with Gasteiger partial charge in [0, 0.05) is 6.42 Å². The summed E-state index contributed by atoms with van der Waals surface area (Å²) < 4.78 is 1.21. The standard InChI is InChI=1S/C14H19NOS/c1-3-9-14(16,4-2)10-13-15-11-7-5-6-8-12(11)17-13/h5-8,16H,3-4,9-10H2,1-2H3. The van der Waals surface area contributed by atoms with E-state index < -0.39 is 5.60 Å². The van der Waals surface area contributed by atoms with Gasteiger partial charge in [0.15, 0.2) is 0 Å². The van der Waals surface area contributed by atoms with Gasteiger partial charge in [0.1, 0.15) is 0 Å². The number of fused-ring (bicyclic) bond motifs is 1. The lowest BCUT2D eigenvalue weighted by Crippen LogP contribution is -2.30. The molecular weight excluding hydrogens is 230 g/mol. The average molecular weight is 249 g/mol. The number of nitrogens with zero attached hydrogens (tertiary/aromatic N) is 1. The third kappa shape index (κ3) is 2.85. The van der Waals surface area contributed by atoms with Crippen LogP contribution in [0.4, 0.5) is 0 Å². The van der Waals surface area contributed by atoms with Gasteiger partial charge in [-0.3, -0.25) is 0 Å². The first-order valence-electron chi connectivity index (χ1n) is 6.23. The number of benzene rings is 1. The second-order valence-electron chi connectivity index (χ2n) is 4.58. The minimum atomic E-state index is -0.581. The monoisotopic (exact) mass is 249 g/mol. The highest BCUT2D eigenvalue weighted by atomic mass is 32.1. The maximum atomic E-state index is 10.5. The zero-order valence-electron chi connectivity index (χ0n) is 10.4. The van der Waals surface area contributed by atoms with Crippen LogP contribution in [-0.4, -0.2) is 15.7 Å². The zero-order chi connectivity index (χ0) is 12.3. The first-order chi connectivity index (χ1) is 8.17. The third-order valence-corrected chi connectivity index (χ3v) is 4.23. The highest BCUT2D eigenvalue weighted by Crippen LogP contribution is 2.28. The van der Waals surface area contributed by atoms with Crippen LogP contribution in [0.15, 0.2) is 24.3 Å². The zero-order valence-corrected chi connectivity index (χ0v) is 11.3. The Hall–Kier alpha value is -0.930. The number of rotatable bonds is 5. The molecule has 2 rings (SSSR count). The molecule has 0 bridgehead atoms. The molecule has 2 nitrogen and oxygen atoms in total. The first-order valence-corrected chi connectivity index (χ1v) is 7.05. The van der Waals surface area contributed by atoms with Gasteiger partial charge in [0.05, 0.1) is 20.8 Å². The summed E-state index contributed by atoms with van der Waals surface area (Å²) in [6, 6.07) is 8.15. The van der Waals surface area contributed by atoms with Crippen molar-refractivity contribution in [2.45, 2.75) is 45.1 Å². The molecule has 0 aliphatic carbocycles. The van der Waals surface area contributed by atoms with Crippen molar-refractivity contribution in [3.63, 3.8) is 0 Å². The van der Waals surface area contributed by atoms with Gasteiger partial charge in [-0.2, -0.15) is 0 Å². The molecule has 0 radical (unpaired) electrons. The SMILES string of the molecule is CCCC(O)(CC)Cc1nc2ccccc2s1. The lowest BCUT2D eigenvalue weighted by atomic mass is 9.92. The van der Waals surface area contributed by atoms with E-state index >= 15 is 0 Å². The summed E-state index contributed by atoms with van der Waals surface area (Å²) in [7, 11) is 0. The van der Waals surface area contributed by atoms with E-state index in [4.69, 9.17) is 0 Å². The van der Waals surface area contributed by atoms with Crippen molar-refractivity contribution in [3.05, 3.63) is 29.3 Å². The Labute approximate surface area is 106 Å². The molecule has 1 unspecified atom stereocenters. The second kappa shape index (κ2) is 5.15. The van der Waals surface area contributed by atoms with Crippen LogP contribution in [0.1, 0.15) is 38.1 Å². The molecule has 1 N–H and O–H groups in total. The number of hydrogen-bond acceptors (Lipinski definition) is 3. The fourth-order valence-corrected chi connectivity index (χ4v) is 3.24. The lowest BCUT2D eigenvalue weighted by Gasteiger charge is -2.25. The molecule has 0 spiro atoms. The summed E-state index contributed by atoms with van der Waals surface area (Å²) in [5.41, 5.74) is 0.463. The summed E-state index contributed by atoms with van der Waals surface area (Å²) in [5, 5.41) is 11.5. The van der Waals surface area contributed by atoms with Crippen LogP contribution in [0.2, 0.25) is 0 Å². The van der Waals surface area contributed by atoms with E-state index in [1.54, 1.807) is 11.3 Å². The van der Waals surface area contributed by atoms with E-state index in [9.17, 15) is 5.11 Å². The molecule has 1 aromatic heterocycles. The van der Waals surface area contributed by atoms with Crippen LogP contribution in [0.25, 0.3) is 10.2 Å². The van der Waals surface area contributed by atoms with Crippen molar-refractivity contribution in [1.29, 1.82) is 0 Å². The molecule has 0 amide bonds. The van der Waals surface area contributed by atoms with Crippen LogP contribution in [-0.2, 0) is 6.42 Å². The van der Waals surface area contributed by atoms with Crippen molar-refractivity contribution in [2.24, 2.45) is 0 Å². The Kier molecular flexibility index (Phi) is 3.79. The Balaban J connectivity index is 2.22. The van der Waals surface area contributed by atoms with Crippen LogP contribution in [0.3, 0.4) is 0 Å². The quantitative estimate of drug-likeness (QED) is 0.874. The summed E-state index contributed by atoms with van der Waals surface area (Å²) in [6.07, 6.45) is 3.32. The summed E-state index contributed by atoms with van der Waals surface area (Å²) in [4.78, 5) is 4.59. The highest BCUT2D eigenvalue weighted by Gasteiger charge is 2.25. The minimum absolute atomic E-state index is 0.581. The largest absolute Gasteiger partial charge is 0.389 e. The van der Waals surface area contributed by atoms with E-state index in [0.717, 1.165) is 29.8 Å². The molecule has 17 heavy (non-hydrogen) atoms. The predicted octanol–water partition coefficient (Wildman–Crippen LogP) is 3.78. The lowest BCUT2D eigenvalue weighted by molar-refractivity contribution is 0.0271. The third-order valence-electron chi connectivity index (χ3n) is 3.19. The van der Waals surface area contributed by atoms with E-state index in [-0.39, 0.29) is 0 Å². The maximum Gasteiger partial charge on any atom is 0.0967 e. The van der Waals surface area contributed by atoms with Crippen molar-refractivity contribution in [1.82, 2.24) is 4.98 Å². The van der Waals surface area contributed by atoms with Gasteiger partial charge >= 0.3 is 0 Å². The smallest absolute Gasteiger partial charge is 0.0967 e. The average Bonchev–Trinajstić information content (AvgIpc) is 2.71. The molecule has 0 saturated carbocycles. The van der Waals surface area contributed by atoms with Crippen LogP contribution in [0, 0.1) is 0 Å². The van der Waals surface area contributed by atoms with E-state index in [0.29, 0.717) is 6.42 Å². The number of aliphatic hydroxyl groups is 1. The van der Waals surface area contributed by atoms with Gasteiger partial charge in [0.2, 0.25) is 0 Å². The molecule has 2 aromatic rings. The predicted molar refractivity (Wildman–Crippen MR) is 73.5 cm³/mol. The highest BCUT2D eigenvalue weighted by molar-refractivity contribution is 7.18. The van der Waals surface area contributed by atoms with E-state index in [1.165, 1.54) is 4.70 Å². The van der Waals surface area contributed by atoms with Gasteiger partial charge in [-0.1, -0.05) is 32.4 Å². The fourth-order valence-electron chi connectivity index (χ4n) is 2.13. The molecule has 1 heterocycles. The van der Waals surface area contributed by atoms with Gasteiger partial charge in [-0.05, 0) is 25.0 Å². The second-order valence-corrected chi connectivity index (χ2v) is 5.70. The minimum Gasteiger partial charge on any atom is -0.389 e. The van der Waals surface area contributed by atoms with Crippen LogP contribution < -0.4 is 0 Å². The van der Waals surface area contributed by atoms with Gasteiger partial charge in [0.25, 0.3) is 0 Å². The summed E-state index contributed by atoms with van der Waals surface area (Å²) in [5.74, 6) is 0. The van der Waals surface area contributed by atoms with E-state index in [1.807, 2.05) is 25.1 Å². The molecule has 0 aliphatic rings. The van der Waals surface area contributed by atoms with E-state index in [2.05, 4.69) is 18.0 Å². The van der Waals surface area contributed by atoms with Gasteiger partial charge in [-0.15, -0.1) is 11.3 Å². The van der Waals surface area contributed by atoms with Crippen molar-refractivity contribution >= 4 is 21.6 Å². The first kappa shape index (κ1) is 12.5. The molecule has 1 atom stereocenters. The van der Waals surface area contributed by atoms with Gasteiger partial charge < -0.3 is 5.11 Å². The van der Waals surface area contributed by atoms with Crippen LogP contribution in [0.5, 0.6) is 0 Å². The number of hydrogen-bond donors (Lipinski definition) is 1. The fraction of sp³-hybridized carbons (Fsp3) is 0.500.